The predicted octanol–water partition coefficient (Wildman–Crippen LogP) is 2.62. The van der Waals surface area contributed by atoms with Crippen LogP contribution in [0.15, 0.2) is 30.5 Å². The van der Waals surface area contributed by atoms with Crippen LogP contribution in [0.25, 0.3) is 10.9 Å². The van der Waals surface area contributed by atoms with Crippen LogP contribution in [0.2, 0.25) is 0 Å². The number of para-hydroxylation sites is 1. The molecule has 0 radical (unpaired) electrons. The number of carbonyl (C=O) groups is 1. The number of hydrogen-bond acceptors (Lipinski definition) is 2. The summed E-state index contributed by atoms with van der Waals surface area (Å²) < 4.78 is 0. The molecular weight excluding hydrogens is 288 g/mol. The summed E-state index contributed by atoms with van der Waals surface area (Å²) in [7, 11) is 0. The van der Waals surface area contributed by atoms with E-state index in [-0.39, 0.29) is 11.8 Å². The van der Waals surface area contributed by atoms with E-state index in [1.807, 2.05) is 31.3 Å². The molecule has 0 spiro atoms. The van der Waals surface area contributed by atoms with E-state index >= 15 is 0 Å². The number of hydrogen-bond donors (Lipinski definition) is 3. The summed E-state index contributed by atoms with van der Waals surface area (Å²) in [5, 5.41) is 4.26. The molecule has 0 bridgehead atoms. The number of nitrogens with one attached hydrogen (secondary N) is 3. The first-order chi connectivity index (χ1) is 11.2. The van der Waals surface area contributed by atoms with Crippen molar-refractivity contribution in [3.8, 4) is 0 Å². The lowest BCUT2D eigenvalue weighted by Crippen LogP contribution is -2.33. The Labute approximate surface area is 134 Å². The molecule has 1 aliphatic rings. The first-order valence-electron chi connectivity index (χ1n) is 8.08. The molecule has 3 aromatic rings. The van der Waals surface area contributed by atoms with Gasteiger partial charge in [-0.05, 0) is 31.4 Å². The number of imidazole rings is 1. The van der Waals surface area contributed by atoms with Gasteiger partial charge in [-0.2, -0.15) is 0 Å². The molecule has 118 valence electrons. The van der Waals surface area contributed by atoms with E-state index in [9.17, 15) is 4.79 Å². The molecule has 5 nitrogen and oxygen atoms in total. The third-order valence-electron chi connectivity index (χ3n) is 4.66. The highest BCUT2D eigenvalue weighted by Gasteiger charge is 2.26. The van der Waals surface area contributed by atoms with Gasteiger partial charge in [-0.15, -0.1) is 0 Å². The van der Waals surface area contributed by atoms with Gasteiger partial charge in [-0.1, -0.05) is 18.2 Å². The maximum atomic E-state index is 12.5. The van der Waals surface area contributed by atoms with Crippen molar-refractivity contribution < 1.29 is 4.79 Å². The van der Waals surface area contributed by atoms with E-state index in [0.717, 1.165) is 47.6 Å². The van der Waals surface area contributed by atoms with Gasteiger partial charge in [-0.3, -0.25) is 4.79 Å². The molecule has 23 heavy (non-hydrogen) atoms. The Hall–Kier alpha value is -2.56. The van der Waals surface area contributed by atoms with Gasteiger partial charge in [0.2, 0.25) is 5.91 Å². The fraction of sp³-hybridized carbons (Fsp3) is 0.333. The molecule has 1 aromatic carbocycles. The second-order valence-electron chi connectivity index (χ2n) is 6.26. The van der Waals surface area contributed by atoms with Crippen molar-refractivity contribution in [3.05, 3.63) is 53.2 Å². The van der Waals surface area contributed by atoms with Crippen LogP contribution in [0.5, 0.6) is 0 Å². The number of nitrogens with zero attached hydrogens (tertiary/aromatic N) is 1. The molecule has 1 aliphatic carbocycles. The Kier molecular flexibility index (Phi) is 3.41. The number of H-pyrrole nitrogens is 2. The third-order valence-corrected chi connectivity index (χ3v) is 4.66. The molecule has 0 unspecified atom stereocenters. The molecule has 3 N–H and O–H groups in total. The van der Waals surface area contributed by atoms with Crippen LogP contribution in [0, 0.1) is 12.8 Å². The van der Waals surface area contributed by atoms with Crippen LogP contribution in [0.1, 0.15) is 29.2 Å². The zero-order valence-electron chi connectivity index (χ0n) is 13.1. The van der Waals surface area contributed by atoms with Crippen molar-refractivity contribution in [1.29, 1.82) is 0 Å². The summed E-state index contributed by atoms with van der Waals surface area (Å²) in [4.78, 5) is 23.5. The van der Waals surface area contributed by atoms with E-state index in [1.165, 1.54) is 5.39 Å². The van der Waals surface area contributed by atoms with Gasteiger partial charge in [0.05, 0.1) is 5.69 Å². The van der Waals surface area contributed by atoms with E-state index < -0.39 is 0 Å². The normalized spacial score (nSPS) is 17.2. The standard InChI is InChI=1S/C18H20N4O/c1-11-21-16-7-6-12(8-17(16)22-11)18(23)20-10-13-9-19-15-5-3-2-4-14(13)15/h2-5,9,12,19H,6-8,10H2,1H3,(H,20,23)(H,21,22)/t12-/m0/s1. The molecular formula is C18H20N4O. The zero-order valence-corrected chi connectivity index (χ0v) is 13.1. The maximum Gasteiger partial charge on any atom is 0.223 e. The number of carbonyl (C=O) groups excluding carboxylic acids is 1. The second-order valence-corrected chi connectivity index (χ2v) is 6.26. The average molecular weight is 308 g/mol. The number of aryl methyl sites for hydroxylation is 2. The summed E-state index contributed by atoms with van der Waals surface area (Å²) in [6.07, 6.45) is 4.49. The monoisotopic (exact) mass is 308 g/mol. The SMILES string of the molecule is Cc1nc2c([nH]1)C[C@@H](C(=O)NCc1c[nH]c3ccccc13)CC2. The van der Waals surface area contributed by atoms with Crippen molar-refractivity contribution in [1.82, 2.24) is 20.3 Å². The Balaban J connectivity index is 1.43. The van der Waals surface area contributed by atoms with E-state index in [1.54, 1.807) is 0 Å². The molecule has 5 heteroatoms. The number of aromatic nitrogens is 3. The van der Waals surface area contributed by atoms with E-state index in [0.29, 0.717) is 6.54 Å². The summed E-state index contributed by atoms with van der Waals surface area (Å²) in [5.74, 6) is 1.11. The van der Waals surface area contributed by atoms with Gasteiger partial charge in [-0.25, -0.2) is 4.98 Å². The summed E-state index contributed by atoms with van der Waals surface area (Å²) >= 11 is 0. The lowest BCUT2D eigenvalue weighted by atomic mass is 9.89. The largest absolute Gasteiger partial charge is 0.361 e. The highest BCUT2D eigenvalue weighted by molar-refractivity contribution is 5.84. The Morgan fingerprint density at radius 3 is 3.17 bits per heavy atom. The highest BCUT2D eigenvalue weighted by atomic mass is 16.1. The Morgan fingerprint density at radius 2 is 2.26 bits per heavy atom. The second kappa shape index (κ2) is 5.57. The Morgan fingerprint density at radius 1 is 1.39 bits per heavy atom. The topological polar surface area (TPSA) is 73.6 Å². The fourth-order valence-corrected chi connectivity index (χ4v) is 3.45. The van der Waals surface area contributed by atoms with Crippen molar-refractivity contribution in [2.75, 3.05) is 0 Å². The van der Waals surface area contributed by atoms with Crippen molar-refractivity contribution in [2.45, 2.75) is 32.7 Å². The molecule has 2 heterocycles. The van der Waals surface area contributed by atoms with Gasteiger partial charge in [0.1, 0.15) is 5.82 Å². The molecule has 0 aliphatic heterocycles. The minimum absolute atomic E-state index is 0.0348. The summed E-state index contributed by atoms with van der Waals surface area (Å²) in [6, 6.07) is 8.15. The number of amides is 1. The maximum absolute atomic E-state index is 12.5. The molecule has 1 atom stereocenters. The molecule has 2 aromatic heterocycles. The molecule has 0 fully saturated rings. The van der Waals surface area contributed by atoms with Crippen LogP contribution in [-0.2, 0) is 24.2 Å². The number of rotatable bonds is 3. The van der Waals surface area contributed by atoms with Crippen LogP contribution >= 0.6 is 0 Å². The molecule has 0 saturated heterocycles. The van der Waals surface area contributed by atoms with Gasteiger partial charge >= 0.3 is 0 Å². The van der Waals surface area contributed by atoms with Crippen molar-refractivity contribution in [3.63, 3.8) is 0 Å². The molecule has 4 rings (SSSR count). The van der Waals surface area contributed by atoms with Crippen LogP contribution < -0.4 is 5.32 Å². The minimum Gasteiger partial charge on any atom is -0.361 e. The zero-order chi connectivity index (χ0) is 15.8. The number of fused-ring (bicyclic) bond motifs is 2. The lowest BCUT2D eigenvalue weighted by molar-refractivity contribution is -0.125. The number of aromatic amines is 2. The third kappa shape index (κ3) is 2.63. The van der Waals surface area contributed by atoms with Crippen molar-refractivity contribution >= 4 is 16.8 Å². The summed E-state index contributed by atoms with van der Waals surface area (Å²) in [6.45, 7) is 2.53. The van der Waals surface area contributed by atoms with Crippen LogP contribution in [0.4, 0.5) is 0 Å². The number of benzene rings is 1. The van der Waals surface area contributed by atoms with Crippen molar-refractivity contribution in [2.24, 2.45) is 5.92 Å². The van der Waals surface area contributed by atoms with Gasteiger partial charge < -0.3 is 15.3 Å². The molecule has 1 amide bonds. The highest BCUT2D eigenvalue weighted by Crippen LogP contribution is 2.24. The average Bonchev–Trinajstić information content (AvgIpc) is 3.14. The Bertz CT molecular complexity index is 861. The van der Waals surface area contributed by atoms with Crippen LogP contribution in [-0.4, -0.2) is 20.9 Å². The van der Waals surface area contributed by atoms with Gasteiger partial charge in [0, 0.05) is 41.7 Å². The van der Waals surface area contributed by atoms with E-state index in [2.05, 4.69) is 26.3 Å². The van der Waals surface area contributed by atoms with Gasteiger partial charge in [0.25, 0.3) is 0 Å². The summed E-state index contributed by atoms with van der Waals surface area (Å²) in [5.41, 5.74) is 4.49. The lowest BCUT2D eigenvalue weighted by Gasteiger charge is -2.20. The predicted molar refractivity (Wildman–Crippen MR) is 89.0 cm³/mol. The van der Waals surface area contributed by atoms with Crippen LogP contribution in [0.3, 0.4) is 0 Å². The molecule has 0 saturated carbocycles. The quantitative estimate of drug-likeness (QED) is 0.696. The smallest absolute Gasteiger partial charge is 0.223 e. The minimum atomic E-state index is 0.0348. The first-order valence-corrected chi connectivity index (χ1v) is 8.08. The van der Waals surface area contributed by atoms with Gasteiger partial charge in [0.15, 0.2) is 0 Å². The fourth-order valence-electron chi connectivity index (χ4n) is 3.45. The van der Waals surface area contributed by atoms with E-state index in [4.69, 9.17) is 0 Å². The first kappa shape index (κ1) is 14.1.